The average molecular weight is 433 g/mol. The van der Waals surface area contributed by atoms with Crippen molar-refractivity contribution in [3.8, 4) is 5.75 Å². The summed E-state index contributed by atoms with van der Waals surface area (Å²) in [4.78, 5) is 25.3. The molecule has 1 aromatic carbocycles. The molecular weight excluding hydrogens is 405 g/mol. The lowest BCUT2D eigenvalue weighted by Crippen LogP contribution is -2.42. The standard InChI is InChI=1S/C19H27F3N2O4Si/c1-18(2,3)29(5,6)27-11-7-10-24-16(25)14-12-13(28-19(20,21)22)8-9-15(14)23(4)17(24)26/h8-9,12H,7,10-11H2,1-6H3. The van der Waals surface area contributed by atoms with Gasteiger partial charge in [0, 0.05) is 20.2 Å². The molecule has 2 rings (SSSR count). The average Bonchev–Trinajstić information content (AvgIpc) is 2.56. The Morgan fingerprint density at radius 1 is 1.10 bits per heavy atom. The van der Waals surface area contributed by atoms with Gasteiger partial charge in [0.1, 0.15) is 5.75 Å². The molecule has 0 amide bonds. The summed E-state index contributed by atoms with van der Waals surface area (Å²) < 4.78 is 49.6. The van der Waals surface area contributed by atoms with Crippen LogP contribution in [0.4, 0.5) is 13.2 Å². The molecule has 0 N–H and O–H groups in total. The van der Waals surface area contributed by atoms with E-state index in [9.17, 15) is 22.8 Å². The first-order valence-electron chi connectivity index (χ1n) is 9.27. The highest BCUT2D eigenvalue weighted by Crippen LogP contribution is 2.36. The molecule has 0 aliphatic heterocycles. The van der Waals surface area contributed by atoms with Crippen molar-refractivity contribution >= 4 is 19.2 Å². The molecule has 0 aliphatic rings. The van der Waals surface area contributed by atoms with Crippen LogP contribution in [0.25, 0.3) is 10.9 Å². The molecule has 0 saturated heterocycles. The van der Waals surface area contributed by atoms with Crippen LogP contribution in [0.5, 0.6) is 5.75 Å². The second-order valence-corrected chi connectivity index (χ2v) is 13.3. The number of alkyl halides is 3. The van der Waals surface area contributed by atoms with Crippen LogP contribution < -0.4 is 16.0 Å². The van der Waals surface area contributed by atoms with Gasteiger partial charge in [0.25, 0.3) is 5.56 Å². The van der Waals surface area contributed by atoms with Crippen LogP contribution in [-0.2, 0) is 18.0 Å². The summed E-state index contributed by atoms with van der Waals surface area (Å²) >= 11 is 0. The van der Waals surface area contributed by atoms with E-state index in [0.717, 1.165) is 16.7 Å². The number of aromatic nitrogens is 2. The lowest BCUT2D eigenvalue weighted by molar-refractivity contribution is -0.274. The van der Waals surface area contributed by atoms with E-state index < -0.39 is 31.7 Å². The van der Waals surface area contributed by atoms with Crippen LogP contribution >= 0.6 is 0 Å². The Balaban J connectivity index is 2.29. The van der Waals surface area contributed by atoms with E-state index in [1.165, 1.54) is 17.7 Å². The zero-order valence-corrected chi connectivity index (χ0v) is 18.5. The predicted molar refractivity (Wildman–Crippen MR) is 108 cm³/mol. The van der Waals surface area contributed by atoms with E-state index in [1.807, 2.05) is 0 Å². The number of hydrogen-bond donors (Lipinski definition) is 0. The van der Waals surface area contributed by atoms with Gasteiger partial charge >= 0.3 is 12.1 Å². The fourth-order valence-corrected chi connectivity index (χ4v) is 3.74. The Hall–Kier alpha value is -2.07. The molecule has 0 saturated carbocycles. The summed E-state index contributed by atoms with van der Waals surface area (Å²) in [5.74, 6) is -0.506. The second kappa shape index (κ2) is 7.98. The van der Waals surface area contributed by atoms with Crippen LogP contribution in [0.15, 0.2) is 27.8 Å². The first kappa shape index (κ1) is 23.2. The summed E-state index contributed by atoms with van der Waals surface area (Å²) in [6, 6.07) is 3.35. The molecule has 162 valence electrons. The number of benzene rings is 1. The fraction of sp³-hybridized carbons (Fsp3) is 0.579. The van der Waals surface area contributed by atoms with Gasteiger partial charge in [-0.1, -0.05) is 20.8 Å². The number of nitrogens with zero attached hydrogens (tertiary/aromatic N) is 2. The first-order chi connectivity index (χ1) is 13.1. The zero-order chi connectivity index (χ0) is 22.2. The highest BCUT2D eigenvalue weighted by atomic mass is 28.4. The molecule has 0 bridgehead atoms. The molecule has 29 heavy (non-hydrogen) atoms. The maximum atomic E-state index is 12.8. The van der Waals surface area contributed by atoms with Crippen LogP contribution in [0.3, 0.4) is 0 Å². The van der Waals surface area contributed by atoms with Crippen molar-refractivity contribution in [1.82, 2.24) is 9.13 Å². The quantitative estimate of drug-likeness (QED) is 0.511. The maximum absolute atomic E-state index is 12.8. The smallest absolute Gasteiger partial charge is 0.417 e. The molecule has 0 fully saturated rings. The first-order valence-corrected chi connectivity index (χ1v) is 12.2. The summed E-state index contributed by atoms with van der Waals surface area (Å²) in [6.45, 7) is 11.1. The van der Waals surface area contributed by atoms with Gasteiger partial charge in [0.05, 0.1) is 10.9 Å². The molecule has 0 spiro atoms. The predicted octanol–water partition coefficient (Wildman–Crippen LogP) is 4.01. The van der Waals surface area contributed by atoms with Gasteiger partial charge in [0.15, 0.2) is 8.32 Å². The van der Waals surface area contributed by atoms with Crippen molar-refractivity contribution in [3.63, 3.8) is 0 Å². The summed E-state index contributed by atoms with van der Waals surface area (Å²) in [7, 11) is -0.480. The van der Waals surface area contributed by atoms with E-state index in [0.29, 0.717) is 13.0 Å². The molecule has 10 heteroatoms. The zero-order valence-electron chi connectivity index (χ0n) is 17.5. The molecule has 0 aliphatic carbocycles. The molecule has 0 unspecified atom stereocenters. The Labute approximate surface area is 168 Å². The number of hydrogen-bond acceptors (Lipinski definition) is 4. The molecular formula is C19H27F3N2O4Si. The monoisotopic (exact) mass is 432 g/mol. The molecule has 1 aromatic heterocycles. The van der Waals surface area contributed by atoms with Crippen molar-refractivity contribution in [2.45, 2.75) is 58.2 Å². The SMILES string of the molecule is Cn1c(=O)n(CCCO[Si](C)(C)C(C)(C)C)c(=O)c2cc(OC(F)(F)F)ccc21. The minimum Gasteiger partial charge on any atom is -0.417 e. The van der Waals surface area contributed by atoms with Crippen molar-refractivity contribution in [2.24, 2.45) is 7.05 Å². The Morgan fingerprint density at radius 3 is 2.28 bits per heavy atom. The normalized spacial score (nSPS) is 13.1. The van der Waals surface area contributed by atoms with Gasteiger partial charge in [-0.2, -0.15) is 0 Å². The fourth-order valence-electron chi connectivity index (χ4n) is 2.66. The van der Waals surface area contributed by atoms with Gasteiger partial charge in [0.2, 0.25) is 0 Å². The van der Waals surface area contributed by atoms with Crippen molar-refractivity contribution < 1.29 is 22.3 Å². The third kappa shape index (κ3) is 5.30. The molecule has 2 aromatic rings. The number of fused-ring (bicyclic) bond motifs is 1. The Bertz CT molecular complexity index is 1000. The summed E-state index contributed by atoms with van der Waals surface area (Å²) in [5.41, 5.74) is -0.939. The number of ether oxygens (including phenoxy) is 1. The largest absolute Gasteiger partial charge is 0.573 e. The minimum absolute atomic E-state index is 0.0147. The minimum atomic E-state index is -4.87. The third-order valence-electron chi connectivity index (χ3n) is 5.35. The van der Waals surface area contributed by atoms with Crippen molar-refractivity contribution in [2.75, 3.05) is 6.61 Å². The van der Waals surface area contributed by atoms with Crippen LogP contribution in [0.1, 0.15) is 27.2 Å². The van der Waals surface area contributed by atoms with Crippen molar-refractivity contribution in [1.29, 1.82) is 0 Å². The van der Waals surface area contributed by atoms with Crippen LogP contribution in [-0.4, -0.2) is 30.4 Å². The maximum Gasteiger partial charge on any atom is 0.573 e. The highest BCUT2D eigenvalue weighted by Gasteiger charge is 2.36. The lowest BCUT2D eigenvalue weighted by Gasteiger charge is -2.36. The molecule has 0 radical (unpaired) electrons. The molecule has 0 atom stereocenters. The number of aryl methyl sites for hydroxylation is 1. The number of rotatable bonds is 6. The summed E-state index contributed by atoms with van der Waals surface area (Å²) in [5, 5.41) is 0.0248. The van der Waals surface area contributed by atoms with Crippen molar-refractivity contribution in [3.05, 3.63) is 39.0 Å². The van der Waals surface area contributed by atoms with E-state index in [-0.39, 0.29) is 22.5 Å². The molecule has 1 heterocycles. The van der Waals surface area contributed by atoms with Gasteiger partial charge in [-0.25, -0.2) is 4.79 Å². The van der Waals surface area contributed by atoms with Crippen LogP contribution in [0, 0.1) is 0 Å². The topological polar surface area (TPSA) is 62.5 Å². The number of halogens is 3. The Kier molecular flexibility index (Phi) is 6.39. The van der Waals surface area contributed by atoms with E-state index in [1.54, 1.807) is 0 Å². The van der Waals surface area contributed by atoms with E-state index in [2.05, 4.69) is 38.6 Å². The molecule has 6 nitrogen and oxygen atoms in total. The van der Waals surface area contributed by atoms with Crippen LogP contribution in [0.2, 0.25) is 18.1 Å². The van der Waals surface area contributed by atoms with Gasteiger partial charge < -0.3 is 9.16 Å². The third-order valence-corrected chi connectivity index (χ3v) is 9.89. The van der Waals surface area contributed by atoms with E-state index >= 15 is 0 Å². The highest BCUT2D eigenvalue weighted by molar-refractivity contribution is 6.74. The second-order valence-electron chi connectivity index (χ2n) is 8.49. The summed E-state index contributed by atoms with van der Waals surface area (Å²) in [6.07, 6.45) is -4.43. The Morgan fingerprint density at radius 2 is 1.72 bits per heavy atom. The van der Waals surface area contributed by atoms with Gasteiger partial charge in [-0.15, -0.1) is 13.2 Å². The van der Waals surface area contributed by atoms with Gasteiger partial charge in [-0.3, -0.25) is 13.9 Å². The van der Waals surface area contributed by atoms with Gasteiger partial charge in [-0.05, 0) is 42.8 Å². The lowest BCUT2D eigenvalue weighted by atomic mass is 10.2. The van der Waals surface area contributed by atoms with E-state index in [4.69, 9.17) is 4.43 Å².